The van der Waals surface area contributed by atoms with Crippen LogP contribution in [0.15, 0.2) is 0 Å². The second-order valence-electron chi connectivity index (χ2n) is 7.07. The molecule has 0 fully saturated rings. The maximum absolute atomic E-state index is 11.8. The number of carbonyl (C=O) groups excluding carboxylic acids is 1. The van der Waals surface area contributed by atoms with E-state index in [4.69, 9.17) is 5.11 Å². The Labute approximate surface area is 117 Å². The number of nitrogens with one attached hydrogen (secondary N) is 1. The van der Waals surface area contributed by atoms with Crippen molar-refractivity contribution in [3.63, 3.8) is 0 Å². The van der Waals surface area contributed by atoms with Gasteiger partial charge in [0.05, 0.1) is 5.41 Å². The van der Waals surface area contributed by atoms with Crippen LogP contribution in [0.4, 0.5) is 0 Å². The molecule has 0 aromatic carbocycles. The lowest BCUT2D eigenvalue weighted by Crippen LogP contribution is -2.41. The van der Waals surface area contributed by atoms with Crippen molar-refractivity contribution >= 4 is 11.9 Å². The Kier molecular flexibility index (Phi) is 6.53. The van der Waals surface area contributed by atoms with Crippen LogP contribution in [-0.4, -0.2) is 23.5 Å². The van der Waals surface area contributed by atoms with Gasteiger partial charge in [-0.25, -0.2) is 0 Å². The molecule has 0 aliphatic rings. The summed E-state index contributed by atoms with van der Waals surface area (Å²) in [7, 11) is 0. The van der Waals surface area contributed by atoms with Gasteiger partial charge in [0.2, 0.25) is 5.91 Å². The van der Waals surface area contributed by atoms with Crippen LogP contribution in [0.3, 0.4) is 0 Å². The molecule has 0 spiro atoms. The lowest BCUT2D eigenvalue weighted by atomic mass is 9.84. The van der Waals surface area contributed by atoms with Gasteiger partial charge in [-0.05, 0) is 31.1 Å². The molecular formula is C15H29NO3. The summed E-state index contributed by atoms with van der Waals surface area (Å²) in [5.41, 5.74) is -0.665. The van der Waals surface area contributed by atoms with Crippen molar-refractivity contribution in [2.45, 2.75) is 60.8 Å². The molecule has 0 aromatic rings. The molecule has 0 aliphatic carbocycles. The SMILES string of the molecule is CCC(C)(CNC(=O)CC(C)CC(C)(C)C)C(=O)O. The molecule has 4 heteroatoms. The van der Waals surface area contributed by atoms with Gasteiger partial charge in [0.15, 0.2) is 0 Å². The molecule has 112 valence electrons. The molecular weight excluding hydrogens is 242 g/mol. The normalized spacial score (nSPS) is 16.5. The quantitative estimate of drug-likeness (QED) is 0.748. The molecule has 2 unspecified atom stereocenters. The molecule has 0 saturated heterocycles. The topological polar surface area (TPSA) is 66.4 Å². The predicted octanol–water partition coefficient (Wildman–Crippen LogP) is 3.07. The van der Waals surface area contributed by atoms with E-state index in [9.17, 15) is 9.59 Å². The standard InChI is InChI=1S/C15H29NO3/c1-7-15(6,13(18)19)10-16-12(17)8-11(2)9-14(3,4)5/h11H,7-10H2,1-6H3,(H,16,17)(H,18,19). The van der Waals surface area contributed by atoms with E-state index >= 15 is 0 Å². The summed E-state index contributed by atoms with van der Waals surface area (Å²) < 4.78 is 0. The maximum atomic E-state index is 11.8. The average Bonchev–Trinajstić information content (AvgIpc) is 2.22. The van der Waals surface area contributed by atoms with Crippen LogP contribution in [0.1, 0.15) is 60.8 Å². The van der Waals surface area contributed by atoms with E-state index in [1.807, 2.05) is 6.92 Å². The van der Waals surface area contributed by atoms with E-state index in [0.717, 1.165) is 6.42 Å². The zero-order chi connectivity index (χ0) is 15.3. The monoisotopic (exact) mass is 271 g/mol. The average molecular weight is 271 g/mol. The van der Waals surface area contributed by atoms with Crippen molar-refractivity contribution in [1.29, 1.82) is 0 Å². The Bertz CT molecular complexity index is 320. The molecule has 4 nitrogen and oxygen atoms in total. The molecule has 0 heterocycles. The van der Waals surface area contributed by atoms with Gasteiger partial charge in [0.25, 0.3) is 0 Å². The van der Waals surface area contributed by atoms with E-state index in [2.05, 4.69) is 33.0 Å². The van der Waals surface area contributed by atoms with Crippen molar-refractivity contribution < 1.29 is 14.7 Å². The van der Waals surface area contributed by atoms with Crippen molar-refractivity contribution in [2.75, 3.05) is 6.54 Å². The number of hydrogen-bond donors (Lipinski definition) is 2. The van der Waals surface area contributed by atoms with Gasteiger partial charge in [-0.2, -0.15) is 0 Å². The summed E-state index contributed by atoms with van der Waals surface area (Å²) in [5, 5.41) is 11.9. The molecule has 0 radical (unpaired) electrons. The first-order valence-corrected chi connectivity index (χ1v) is 7.00. The van der Waals surface area contributed by atoms with Gasteiger partial charge in [0, 0.05) is 13.0 Å². The van der Waals surface area contributed by atoms with Crippen LogP contribution in [0.2, 0.25) is 0 Å². The molecule has 2 atom stereocenters. The molecule has 0 rings (SSSR count). The third kappa shape index (κ3) is 7.19. The lowest BCUT2D eigenvalue weighted by Gasteiger charge is -2.25. The van der Waals surface area contributed by atoms with E-state index in [1.54, 1.807) is 6.92 Å². The van der Waals surface area contributed by atoms with E-state index in [-0.39, 0.29) is 17.9 Å². The summed E-state index contributed by atoms with van der Waals surface area (Å²) in [6, 6.07) is 0. The highest BCUT2D eigenvalue weighted by Crippen LogP contribution is 2.26. The zero-order valence-corrected chi connectivity index (χ0v) is 13.2. The van der Waals surface area contributed by atoms with Crippen molar-refractivity contribution in [3.8, 4) is 0 Å². The summed E-state index contributed by atoms with van der Waals surface area (Å²) in [4.78, 5) is 22.9. The number of carboxylic acid groups (broad SMARTS) is 1. The van der Waals surface area contributed by atoms with E-state index in [0.29, 0.717) is 18.8 Å². The fourth-order valence-corrected chi connectivity index (χ4v) is 2.15. The molecule has 0 aliphatic heterocycles. The number of rotatable bonds is 7. The van der Waals surface area contributed by atoms with Crippen LogP contribution in [0.25, 0.3) is 0 Å². The zero-order valence-electron chi connectivity index (χ0n) is 13.2. The van der Waals surface area contributed by atoms with Gasteiger partial charge in [-0.3, -0.25) is 9.59 Å². The van der Waals surface area contributed by atoms with Crippen LogP contribution >= 0.6 is 0 Å². The lowest BCUT2D eigenvalue weighted by molar-refractivity contribution is -0.148. The largest absolute Gasteiger partial charge is 0.481 e. The third-order valence-corrected chi connectivity index (χ3v) is 3.47. The molecule has 0 bridgehead atoms. The van der Waals surface area contributed by atoms with Crippen molar-refractivity contribution in [1.82, 2.24) is 5.32 Å². The Balaban J connectivity index is 4.23. The fourth-order valence-electron chi connectivity index (χ4n) is 2.15. The smallest absolute Gasteiger partial charge is 0.311 e. The Hall–Kier alpha value is -1.06. The number of hydrogen-bond acceptors (Lipinski definition) is 2. The minimum atomic E-state index is -0.872. The molecule has 19 heavy (non-hydrogen) atoms. The predicted molar refractivity (Wildman–Crippen MR) is 76.9 cm³/mol. The van der Waals surface area contributed by atoms with Gasteiger partial charge in [-0.15, -0.1) is 0 Å². The minimum absolute atomic E-state index is 0.0577. The van der Waals surface area contributed by atoms with Gasteiger partial charge in [-0.1, -0.05) is 34.6 Å². The van der Waals surface area contributed by atoms with Gasteiger partial charge < -0.3 is 10.4 Å². The first-order valence-electron chi connectivity index (χ1n) is 7.00. The molecule has 0 aromatic heterocycles. The third-order valence-electron chi connectivity index (χ3n) is 3.47. The summed E-state index contributed by atoms with van der Waals surface area (Å²) in [6.07, 6.45) is 1.93. The number of aliphatic carboxylic acids is 1. The fraction of sp³-hybridized carbons (Fsp3) is 0.867. The first kappa shape index (κ1) is 17.9. The second-order valence-corrected chi connectivity index (χ2v) is 7.07. The number of carbonyl (C=O) groups is 2. The molecule has 2 N–H and O–H groups in total. The Morgan fingerprint density at radius 3 is 2.11 bits per heavy atom. The van der Waals surface area contributed by atoms with Crippen LogP contribution < -0.4 is 5.32 Å². The van der Waals surface area contributed by atoms with Gasteiger partial charge in [0.1, 0.15) is 0 Å². The molecule has 1 amide bonds. The number of amides is 1. The molecule has 0 saturated carbocycles. The summed E-state index contributed by atoms with van der Waals surface area (Å²) >= 11 is 0. The van der Waals surface area contributed by atoms with Gasteiger partial charge >= 0.3 is 5.97 Å². The second kappa shape index (κ2) is 6.92. The summed E-state index contributed by atoms with van der Waals surface area (Å²) in [6.45, 7) is 12.2. The van der Waals surface area contributed by atoms with Crippen molar-refractivity contribution in [2.24, 2.45) is 16.7 Å². The number of carboxylic acids is 1. The highest BCUT2D eigenvalue weighted by molar-refractivity contribution is 5.78. The van der Waals surface area contributed by atoms with Crippen molar-refractivity contribution in [3.05, 3.63) is 0 Å². The highest BCUT2D eigenvalue weighted by atomic mass is 16.4. The Morgan fingerprint density at radius 1 is 1.21 bits per heavy atom. The first-order chi connectivity index (χ1) is 8.50. The van der Waals surface area contributed by atoms with E-state index < -0.39 is 11.4 Å². The highest BCUT2D eigenvalue weighted by Gasteiger charge is 2.31. The van der Waals surface area contributed by atoms with Crippen LogP contribution in [0, 0.1) is 16.7 Å². The summed E-state index contributed by atoms with van der Waals surface area (Å²) in [5.74, 6) is -0.617. The Morgan fingerprint density at radius 2 is 1.74 bits per heavy atom. The van der Waals surface area contributed by atoms with E-state index in [1.165, 1.54) is 0 Å². The maximum Gasteiger partial charge on any atom is 0.311 e. The van der Waals surface area contributed by atoms with Crippen LogP contribution in [0.5, 0.6) is 0 Å². The van der Waals surface area contributed by atoms with Crippen LogP contribution in [-0.2, 0) is 9.59 Å². The minimum Gasteiger partial charge on any atom is -0.481 e.